The molecule has 0 aliphatic heterocycles. The van der Waals surface area contributed by atoms with Gasteiger partial charge in [0.05, 0.1) is 12.5 Å². The van der Waals surface area contributed by atoms with Crippen molar-refractivity contribution in [2.24, 2.45) is 5.41 Å². The molecule has 0 aromatic heterocycles. The lowest BCUT2D eigenvalue weighted by Crippen LogP contribution is -2.18. The fourth-order valence-electron chi connectivity index (χ4n) is 1.60. The molecule has 1 aliphatic rings. The number of carbonyl (C=O) groups is 1. The topological polar surface area (TPSA) is 78.2 Å². The molecular weight excluding hydrogens is 214 g/mol. The molecule has 0 aromatic carbocycles. The molecule has 0 bridgehead atoms. The van der Waals surface area contributed by atoms with Crippen LogP contribution in [0.4, 0.5) is 0 Å². The van der Waals surface area contributed by atoms with Crippen molar-refractivity contribution < 1.29 is 14.1 Å². The number of rotatable bonds is 7. The lowest BCUT2D eigenvalue weighted by Gasteiger charge is -2.11. The Morgan fingerprint density at radius 1 is 1.53 bits per heavy atom. The van der Waals surface area contributed by atoms with Crippen LogP contribution in [-0.4, -0.2) is 26.8 Å². The van der Waals surface area contributed by atoms with Gasteiger partial charge in [-0.15, -0.1) is 0 Å². The molecule has 1 N–H and O–H groups in total. The number of unbranched alkanes of at least 4 members (excludes halogenated alkanes) is 1. The van der Waals surface area contributed by atoms with E-state index in [9.17, 15) is 9.00 Å². The number of nitrogens with zero attached hydrogens (tertiary/aromatic N) is 1. The van der Waals surface area contributed by atoms with E-state index in [1.54, 1.807) is 0 Å². The highest BCUT2D eigenvalue weighted by atomic mass is 32.2. The summed E-state index contributed by atoms with van der Waals surface area (Å²) in [4.78, 5) is 10.6. The molecule has 0 aromatic rings. The van der Waals surface area contributed by atoms with E-state index < -0.39 is 16.8 Å². The standard InChI is InChI=1S/C10H15NO3S/c11-5-1-2-6-15(14)8-10(3-4-10)7-9(12)13/h1-4,6-8H2,(H,12,13). The van der Waals surface area contributed by atoms with Gasteiger partial charge in [0.2, 0.25) is 0 Å². The highest BCUT2D eigenvalue weighted by Crippen LogP contribution is 2.49. The summed E-state index contributed by atoms with van der Waals surface area (Å²) in [6.07, 6.45) is 2.97. The summed E-state index contributed by atoms with van der Waals surface area (Å²) in [5, 5.41) is 17.0. The van der Waals surface area contributed by atoms with Gasteiger partial charge in [-0.25, -0.2) is 0 Å². The highest BCUT2D eigenvalue weighted by Gasteiger charge is 2.45. The van der Waals surface area contributed by atoms with Crippen LogP contribution in [0.1, 0.15) is 32.1 Å². The Kier molecular flexibility index (Phi) is 4.28. The van der Waals surface area contributed by atoms with Crippen LogP contribution >= 0.6 is 0 Å². The van der Waals surface area contributed by atoms with Crippen molar-refractivity contribution in [2.75, 3.05) is 11.5 Å². The molecule has 1 unspecified atom stereocenters. The first-order valence-corrected chi connectivity index (χ1v) is 6.50. The first-order valence-electron chi connectivity index (χ1n) is 5.02. The molecule has 0 heterocycles. The van der Waals surface area contributed by atoms with E-state index in [1.807, 2.05) is 6.07 Å². The zero-order chi connectivity index (χ0) is 11.3. The Morgan fingerprint density at radius 2 is 2.20 bits per heavy atom. The Hall–Kier alpha value is -0.890. The van der Waals surface area contributed by atoms with Gasteiger partial charge < -0.3 is 5.11 Å². The molecule has 5 heteroatoms. The molecule has 1 rings (SSSR count). The van der Waals surface area contributed by atoms with Gasteiger partial charge in [-0.3, -0.25) is 9.00 Å². The van der Waals surface area contributed by atoms with Gasteiger partial charge >= 0.3 is 5.97 Å². The molecule has 1 saturated carbocycles. The minimum Gasteiger partial charge on any atom is -0.481 e. The molecule has 84 valence electrons. The third kappa shape index (κ3) is 4.43. The van der Waals surface area contributed by atoms with Crippen LogP contribution in [0.2, 0.25) is 0 Å². The molecule has 1 fully saturated rings. The highest BCUT2D eigenvalue weighted by molar-refractivity contribution is 7.85. The Balaban J connectivity index is 2.26. The Morgan fingerprint density at radius 3 is 2.67 bits per heavy atom. The van der Waals surface area contributed by atoms with Crippen LogP contribution in [0.15, 0.2) is 0 Å². The second-order valence-corrected chi connectivity index (χ2v) is 5.70. The predicted molar refractivity (Wildman–Crippen MR) is 56.6 cm³/mol. The average Bonchev–Trinajstić information content (AvgIpc) is 2.83. The molecule has 0 spiro atoms. The normalized spacial score (nSPS) is 19.1. The summed E-state index contributed by atoms with van der Waals surface area (Å²) in [5.41, 5.74) is -0.191. The maximum atomic E-state index is 11.6. The minimum absolute atomic E-state index is 0.136. The number of carboxylic acids is 1. The largest absolute Gasteiger partial charge is 0.481 e. The van der Waals surface area contributed by atoms with Crippen LogP contribution in [0.3, 0.4) is 0 Å². The second kappa shape index (κ2) is 5.26. The summed E-state index contributed by atoms with van der Waals surface area (Å²) < 4.78 is 11.6. The number of nitriles is 1. The number of hydrogen-bond donors (Lipinski definition) is 1. The van der Waals surface area contributed by atoms with E-state index in [4.69, 9.17) is 10.4 Å². The van der Waals surface area contributed by atoms with Crippen molar-refractivity contribution in [1.82, 2.24) is 0 Å². The summed E-state index contributed by atoms with van der Waals surface area (Å²) >= 11 is 0. The first-order chi connectivity index (χ1) is 7.08. The van der Waals surface area contributed by atoms with E-state index in [0.29, 0.717) is 24.3 Å². The number of carboxylic acid groups (broad SMARTS) is 1. The van der Waals surface area contributed by atoms with Crippen molar-refractivity contribution in [3.63, 3.8) is 0 Å². The van der Waals surface area contributed by atoms with Crippen molar-refractivity contribution in [2.45, 2.75) is 32.1 Å². The second-order valence-electron chi connectivity index (χ2n) is 4.12. The van der Waals surface area contributed by atoms with Crippen LogP contribution in [0.25, 0.3) is 0 Å². The number of hydrogen-bond acceptors (Lipinski definition) is 3. The minimum atomic E-state index is -0.959. The molecule has 0 radical (unpaired) electrons. The van der Waals surface area contributed by atoms with Gasteiger partial charge in [-0.2, -0.15) is 5.26 Å². The van der Waals surface area contributed by atoms with Crippen molar-refractivity contribution in [3.05, 3.63) is 0 Å². The zero-order valence-electron chi connectivity index (χ0n) is 8.57. The van der Waals surface area contributed by atoms with Crippen LogP contribution in [0, 0.1) is 16.7 Å². The quantitative estimate of drug-likeness (QED) is 0.667. The molecule has 4 nitrogen and oxygen atoms in total. The van der Waals surface area contributed by atoms with Gasteiger partial charge in [0.25, 0.3) is 0 Å². The maximum absolute atomic E-state index is 11.6. The molecule has 0 amide bonds. The SMILES string of the molecule is N#CCCCS(=O)CC1(CC(=O)O)CC1. The van der Waals surface area contributed by atoms with Crippen molar-refractivity contribution in [3.8, 4) is 6.07 Å². The lowest BCUT2D eigenvalue weighted by atomic mass is 10.1. The maximum Gasteiger partial charge on any atom is 0.303 e. The summed E-state index contributed by atoms with van der Waals surface area (Å²) in [6, 6.07) is 2.01. The molecule has 0 saturated heterocycles. The van der Waals surface area contributed by atoms with Gasteiger partial charge in [0.15, 0.2) is 0 Å². The van der Waals surface area contributed by atoms with Gasteiger partial charge in [-0.1, -0.05) is 0 Å². The van der Waals surface area contributed by atoms with Crippen molar-refractivity contribution in [1.29, 1.82) is 5.26 Å². The third-order valence-corrected chi connectivity index (χ3v) is 4.29. The fraction of sp³-hybridized carbons (Fsp3) is 0.800. The van der Waals surface area contributed by atoms with Gasteiger partial charge in [0, 0.05) is 28.7 Å². The fourth-order valence-corrected chi connectivity index (χ4v) is 3.28. The van der Waals surface area contributed by atoms with E-state index in [2.05, 4.69) is 0 Å². The summed E-state index contributed by atoms with van der Waals surface area (Å²) in [7, 11) is -0.959. The summed E-state index contributed by atoms with van der Waals surface area (Å²) in [6.45, 7) is 0. The van der Waals surface area contributed by atoms with Crippen molar-refractivity contribution >= 4 is 16.8 Å². The van der Waals surface area contributed by atoms with Crippen LogP contribution in [0.5, 0.6) is 0 Å². The zero-order valence-corrected chi connectivity index (χ0v) is 9.39. The summed E-state index contributed by atoms with van der Waals surface area (Å²) in [5.74, 6) is 0.209. The van der Waals surface area contributed by atoms with Crippen LogP contribution in [-0.2, 0) is 15.6 Å². The molecule has 1 aliphatic carbocycles. The van der Waals surface area contributed by atoms with E-state index >= 15 is 0 Å². The third-order valence-electron chi connectivity index (χ3n) is 2.61. The van der Waals surface area contributed by atoms with Gasteiger partial charge in [0.1, 0.15) is 0 Å². The van der Waals surface area contributed by atoms with Crippen LogP contribution < -0.4 is 0 Å². The molecule has 1 atom stereocenters. The Bertz CT molecular complexity index is 304. The predicted octanol–water partition coefficient (Wildman–Crippen LogP) is 1.29. The molecular formula is C10H15NO3S. The monoisotopic (exact) mass is 229 g/mol. The van der Waals surface area contributed by atoms with E-state index in [-0.39, 0.29) is 11.8 Å². The first kappa shape index (κ1) is 12.2. The lowest BCUT2D eigenvalue weighted by molar-refractivity contribution is -0.138. The number of aliphatic carboxylic acids is 1. The van der Waals surface area contributed by atoms with E-state index in [1.165, 1.54) is 0 Å². The Labute approximate surface area is 91.7 Å². The average molecular weight is 229 g/mol. The van der Waals surface area contributed by atoms with Gasteiger partial charge in [-0.05, 0) is 24.7 Å². The molecule has 15 heavy (non-hydrogen) atoms. The van der Waals surface area contributed by atoms with E-state index in [0.717, 1.165) is 12.8 Å². The smallest absolute Gasteiger partial charge is 0.303 e.